The van der Waals surface area contributed by atoms with Crippen LogP contribution in [0.25, 0.3) is 0 Å². The summed E-state index contributed by atoms with van der Waals surface area (Å²) in [6.07, 6.45) is 6.03. The number of thioether (sulfide) groups is 1. The number of rotatable bonds is 4. The minimum atomic E-state index is 0.417. The summed E-state index contributed by atoms with van der Waals surface area (Å²) in [7, 11) is 0. The summed E-state index contributed by atoms with van der Waals surface area (Å²) in [5, 5.41) is 17.0. The maximum Gasteiger partial charge on any atom is 0.110 e. The van der Waals surface area contributed by atoms with Gasteiger partial charge >= 0.3 is 0 Å². The summed E-state index contributed by atoms with van der Waals surface area (Å²) in [5.41, 5.74) is 9.63. The van der Waals surface area contributed by atoms with E-state index in [4.69, 9.17) is 16.6 Å². The number of hydrogen-bond donors (Lipinski definition) is 3. The van der Waals surface area contributed by atoms with Crippen LogP contribution in [-0.2, 0) is 0 Å². The molecule has 0 bridgehead atoms. The first-order valence-corrected chi connectivity index (χ1v) is 8.30. The predicted molar refractivity (Wildman–Crippen MR) is 92.6 cm³/mol. The van der Waals surface area contributed by atoms with Crippen molar-refractivity contribution in [1.29, 1.82) is 10.8 Å². The van der Waals surface area contributed by atoms with E-state index in [2.05, 4.69) is 4.90 Å². The number of benzene rings is 1. The zero-order chi connectivity index (χ0) is 15.4. The van der Waals surface area contributed by atoms with E-state index < -0.39 is 0 Å². The number of allylic oxidation sites excluding steroid dienone is 1. The van der Waals surface area contributed by atoms with Gasteiger partial charge in [0.05, 0.1) is 11.4 Å². The Kier molecular flexibility index (Phi) is 5.07. The van der Waals surface area contributed by atoms with Crippen LogP contribution in [0.5, 0.6) is 0 Å². The second-order valence-corrected chi connectivity index (χ2v) is 6.06. The third-order valence-electron chi connectivity index (χ3n) is 3.72. The molecule has 0 atom stereocenters. The number of likely N-dealkylation sites (tertiary alicyclic amines) is 1. The molecule has 0 spiro atoms. The fraction of sp³-hybridized carbons (Fsp3) is 0.375. The molecule has 4 N–H and O–H groups in total. The fourth-order valence-corrected chi connectivity index (χ4v) is 2.90. The Morgan fingerprint density at radius 2 is 1.95 bits per heavy atom. The van der Waals surface area contributed by atoms with Gasteiger partial charge in [-0.05, 0) is 49.8 Å². The van der Waals surface area contributed by atoms with Crippen molar-refractivity contribution in [3.05, 3.63) is 41.1 Å². The van der Waals surface area contributed by atoms with Gasteiger partial charge in [-0.2, -0.15) is 0 Å². The highest BCUT2D eigenvalue weighted by Crippen LogP contribution is 2.21. The van der Waals surface area contributed by atoms with Crippen LogP contribution in [0.15, 0.2) is 30.0 Å². The molecule has 0 amide bonds. The van der Waals surface area contributed by atoms with Crippen molar-refractivity contribution in [2.24, 2.45) is 0 Å². The van der Waals surface area contributed by atoms with E-state index in [0.29, 0.717) is 16.4 Å². The van der Waals surface area contributed by atoms with Crippen molar-refractivity contribution in [1.82, 2.24) is 4.90 Å². The lowest BCUT2D eigenvalue weighted by molar-refractivity contribution is 0.449. The minimum Gasteiger partial charge on any atom is -0.399 e. The molecular formula is C16H22N4S. The molecule has 0 aliphatic carbocycles. The van der Waals surface area contributed by atoms with Gasteiger partial charge in [0.1, 0.15) is 5.04 Å². The van der Waals surface area contributed by atoms with Crippen molar-refractivity contribution in [2.75, 3.05) is 25.1 Å². The van der Waals surface area contributed by atoms with Gasteiger partial charge in [0.25, 0.3) is 0 Å². The molecule has 2 rings (SSSR count). The van der Waals surface area contributed by atoms with Crippen LogP contribution in [-0.4, -0.2) is 35.0 Å². The summed E-state index contributed by atoms with van der Waals surface area (Å²) in [4.78, 5) is 2.20. The van der Waals surface area contributed by atoms with E-state index in [1.165, 1.54) is 11.8 Å². The monoisotopic (exact) mass is 302 g/mol. The SMILES string of the molecule is CSC(=N)/C(=C\C(=N)c1cc(N)ccc1C)N1CCCC1. The largest absolute Gasteiger partial charge is 0.399 e. The third kappa shape index (κ3) is 3.67. The van der Waals surface area contributed by atoms with Crippen molar-refractivity contribution in [2.45, 2.75) is 19.8 Å². The molecule has 1 aromatic rings. The number of nitrogen functional groups attached to an aromatic ring is 1. The molecule has 0 saturated carbocycles. The molecule has 0 aromatic heterocycles. The second kappa shape index (κ2) is 6.80. The topological polar surface area (TPSA) is 77.0 Å². The van der Waals surface area contributed by atoms with Gasteiger partial charge in [0.15, 0.2) is 0 Å². The van der Waals surface area contributed by atoms with E-state index in [0.717, 1.165) is 42.8 Å². The highest BCUT2D eigenvalue weighted by Gasteiger charge is 2.19. The third-order valence-corrected chi connectivity index (χ3v) is 4.33. The first-order valence-electron chi connectivity index (χ1n) is 7.07. The van der Waals surface area contributed by atoms with Crippen LogP contribution in [0.3, 0.4) is 0 Å². The molecule has 4 nitrogen and oxygen atoms in total. The Hall–Kier alpha value is -1.75. The summed E-state index contributed by atoms with van der Waals surface area (Å²) < 4.78 is 0. The average molecular weight is 302 g/mol. The number of nitrogens with two attached hydrogens (primary N) is 1. The van der Waals surface area contributed by atoms with Crippen molar-refractivity contribution >= 4 is 28.2 Å². The highest BCUT2D eigenvalue weighted by atomic mass is 32.2. The molecule has 1 aliphatic heterocycles. The Bertz CT molecular complexity index is 586. The molecule has 112 valence electrons. The molecule has 0 unspecified atom stereocenters. The predicted octanol–water partition coefficient (Wildman–Crippen LogP) is 3.27. The fourth-order valence-electron chi connectivity index (χ4n) is 2.51. The highest BCUT2D eigenvalue weighted by molar-refractivity contribution is 8.13. The van der Waals surface area contributed by atoms with Gasteiger partial charge in [-0.3, -0.25) is 5.41 Å². The molecule has 1 aliphatic rings. The van der Waals surface area contributed by atoms with E-state index in [9.17, 15) is 0 Å². The lowest BCUT2D eigenvalue weighted by Gasteiger charge is -2.21. The van der Waals surface area contributed by atoms with Gasteiger partial charge in [-0.25, -0.2) is 0 Å². The van der Waals surface area contributed by atoms with Gasteiger partial charge in [-0.15, -0.1) is 11.8 Å². The maximum absolute atomic E-state index is 8.37. The van der Waals surface area contributed by atoms with Crippen molar-refractivity contribution < 1.29 is 0 Å². The number of aryl methyl sites for hydroxylation is 1. The van der Waals surface area contributed by atoms with Gasteiger partial charge in [0.2, 0.25) is 0 Å². The van der Waals surface area contributed by atoms with E-state index in [1.807, 2.05) is 37.5 Å². The van der Waals surface area contributed by atoms with Crippen LogP contribution < -0.4 is 5.73 Å². The molecular weight excluding hydrogens is 280 g/mol. The van der Waals surface area contributed by atoms with Crippen molar-refractivity contribution in [3.8, 4) is 0 Å². The standard InChI is InChI=1S/C16H22N4S/c1-11-5-6-12(17)9-13(11)14(18)10-15(16(19)21-2)20-7-3-4-8-20/h5-6,9-10,18-19H,3-4,7-8,17H2,1-2H3/b15-10+,18-14?,19-16?. The summed E-state index contributed by atoms with van der Waals surface area (Å²) >= 11 is 1.42. The number of nitrogens with one attached hydrogen (secondary N) is 2. The molecule has 1 fully saturated rings. The number of anilines is 1. The second-order valence-electron chi connectivity index (χ2n) is 5.25. The quantitative estimate of drug-likeness (QED) is 0.454. The number of nitrogens with zero attached hydrogens (tertiary/aromatic N) is 1. The van der Waals surface area contributed by atoms with Crippen LogP contribution in [0.2, 0.25) is 0 Å². The summed E-state index contributed by atoms with van der Waals surface area (Å²) in [5.74, 6) is 0. The molecule has 21 heavy (non-hydrogen) atoms. The molecule has 1 saturated heterocycles. The first kappa shape index (κ1) is 15.6. The number of hydrogen-bond acceptors (Lipinski definition) is 5. The molecule has 5 heteroatoms. The lowest BCUT2D eigenvalue weighted by Crippen LogP contribution is -2.24. The van der Waals surface area contributed by atoms with Crippen LogP contribution >= 0.6 is 11.8 Å². The Morgan fingerprint density at radius 3 is 2.57 bits per heavy atom. The first-order chi connectivity index (χ1) is 10.0. The molecule has 0 radical (unpaired) electrons. The van der Waals surface area contributed by atoms with Gasteiger partial charge in [-0.1, -0.05) is 6.07 Å². The van der Waals surface area contributed by atoms with E-state index in [1.54, 1.807) is 0 Å². The molecule has 1 heterocycles. The zero-order valence-electron chi connectivity index (χ0n) is 12.6. The van der Waals surface area contributed by atoms with Crippen LogP contribution in [0.1, 0.15) is 24.0 Å². The van der Waals surface area contributed by atoms with E-state index in [-0.39, 0.29) is 0 Å². The minimum absolute atomic E-state index is 0.417. The summed E-state index contributed by atoms with van der Waals surface area (Å²) in [6, 6.07) is 5.61. The maximum atomic E-state index is 8.37. The lowest BCUT2D eigenvalue weighted by atomic mass is 10.0. The smallest absolute Gasteiger partial charge is 0.110 e. The normalized spacial score (nSPS) is 15.3. The van der Waals surface area contributed by atoms with Crippen molar-refractivity contribution in [3.63, 3.8) is 0 Å². The van der Waals surface area contributed by atoms with Gasteiger partial charge in [0, 0.05) is 24.3 Å². The Balaban J connectivity index is 2.34. The Labute approximate surface area is 130 Å². The van der Waals surface area contributed by atoms with E-state index >= 15 is 0 Å². The molecule has 1 aromatic carbocycles. The van der Waals surface area contributed by atoms with Crippen LogP contribution in [0.4, 0.5) is 5.69 Å². The zero-order valence-corrected chi connectivity index (χ0v) is 13.4. The Morgan fingerprint density at radius 1 is 1.29 bits per heavy atom. The summed E-state index contributed by atoms with van der Waals surface area (Å²) in [6.45, 7) is 3.92. The average Bonchev–Trinajstić information content (AvgIpc) is 3.00. The van der Waals surface area contributed by atoms with Gasteiger partial charge < -0.3 is 16.0 Å². The van der Waals surface area contributed by atoms with Crippen LogP contribution in [0, 0.1) is 17.7 Å².